The summed E-state index contributed by atoms with van der Waals surface area (Å²) in [6, 6.07) is 0.382. The van der Waals surface area contributed by atoms with E-state index in [2.05, 4.69) is 6.92 Å². The fourth-order valence-corrected chi connectivity index (χ4v) is 1.12. The molecule has 1 saturated carbocycles. The molecule has 1 aliphatic carbocycles. The summed E-state index contributed by atoms with van der Waals surface area (Å²) in [5.74, 6) is -1.16. The predicted molar refractivity (Wildman–Crippen MR) is 48.5 cm³/mol. The highest BCUT2D eigenvalue weighted by molar-refractivity contribution is 5.85. The first-order valence-electron chi connectivity index (χ1n) is 4.40. The maximum atomic E-state index is 11.4. The van der Waals surface area contributed by atoms with Gasteiger partial charge in [0.1, 0.15) is 0 Å². The average Bonchev–Trinajstić information content (AvgIpc) is 2.85. The minimum Gasteiger partial charge on any atom is -0.369 e. The van der Waals surface area contributed by atoms with Crippen molar-refractivity contribution in [1.82, 2.24) is 4.90 Å². The Balaban J connectivity index is 2.35. The van der Waals surface area contributed by atoms with Crippen molar-refractivity contribution in [2.45, 2.75) is 25.3 Å². The highest BCUT2D eigenvalue weighted by Gasteiger charge is 2.30. The van der Waals surface area contributed by atoms with Crippen LogP contribution in [-0.4, -0.2) is 29.8 Å². The zero-order valence-electron chi connectivity index (χ0n) is 7.82. The third kappa shape index (κ3) is 2.72. The molecule has 0 aromatic rings. The van der Waals surface area contributed by atoms with Crippen molar-refractivity contribution in [2.75, 3.05) is 7.05 Å². The van der Waals surface area contributed by atoms with Gasteiger partial charge in [-0.05, 0) is 19.8 Å². The summed E-state index contributed by atoms with van der Waals surface area (Å²) in [4.78, 5) is 23.7. The fraction of sp³-hybridized carbons (Fsp3) is 0.667. The highest BCUT2D eigenvalue weighted by atomic mass is 16.2. The van der Waals surface area contributed by atoms with Gasteiger partial charge in [0.05, 0.1) is 0 Å². The largest absolute Gasteiger partial charge is 0.369 e. The molecule has 13 heavy (non-hydrogen) atoms. The number of rotatable bonds is 4. The number of amides is 2. The molecule has 73 valence electrons. The van der Waals surface area contributed by atoms with Crippen molar-refractivity contribution in [3.63, 3.8) is 0 Å². The van der Waals surface area contributed by atoms with E-state index in [1.807, 2.05) is 0 Å². The zero-order valence-corrected chi connectivity index (χ0v) is 7.82. The van der Waals surface area contributed by atoms with Crippen molar-refractivity contribution >= 4 is 11.8 Å². The topological polar surface area (TPSA) is 63.4 Å². The summed E-state index contributed by atoms with van der Waals surface area (Å²) in [7, 11) is 1.76. The molecule has 0 heterocycles. The third-order valence-corrected chi connectivity index (χ3v) is 2.31. The Bertz CT molecular complexity index is 224. The van der Waals surface area contributed by atoms with Gasteiger partial charge in [0.15, 0.2) is 0 Å². The normalized spacial score (nSPS) is 18.0. The first kappa shape index (κ1) is 10.0. The fourth-order valence-electron chi connectivity index (χ4n) is 1.12. The molecule has 4 nitrogen and oxygen atoms in total. The van der Waals surface area contributed by atoms with Gasteiger partial charge in [-0.15, -0.1) is 0 Å². The lowest BCUT2D eigenvalue weighted by atomic mass is 10.1. The standard InChI is InChI=1S/C9H15N2O2/c1-6(9(10)13)5-8(12)11(2)7-3-4-7/h6-7H,1,3-5H2,2H3,(H2,10,13). The van der Waals surface area contributed by atoms with Gasteiger partial charge in [0.2, 0.25) is 11.8 Å². The number of carbonyl (C=O) groups excluding carboxylic acids is 2. The van der Waals surface area contributed by atoms with Crippen molar-refractivity contribution < 1.29 is 9.59 Å². The molecule has 1 rings (SSSR count). The van der Waals surface area contributed by atoms with Gasteiger partial charge in [0.25, 0.3) is 0 Å². The van der Waals surface area contributed by atoms with Crippen LogP contribution in [0.3, 0.4) is 0 Å². The smallest absolute Gasteiger partial charge is 0.223 e. The molecule has 0 aliphatic heterocycles. The molecule has 0 aromatic carbocycles. The number of nitrogens with two attached hydrogens (primary N) is 1. The number of hydrogen-bond donors (Lipinski definition) is 1. The van der Waals surface area contributed by atoms with Crippen LogP contribution in [0.2, 0.25) is 0 Å². The Morgan fingerprint density at radius 1 is 1.62 bits per heavy atom. The van der Waals surface area contributed by atoms with Crippen LogP contribution in [0.5, 0.6) is 0 Å². The van der Waals surface area contributed by atoms with Crippen LogP contribution in [0.25, 0.3) is 0 Å². The van der Waals surface area contributed by atoms with Gasteiger partial charge in [0, 0.05) is 25.4 Å². The van der Waals surface area contributed by atoms with Gasteiger partial charge >= 0.3 is 0 Å². The van der Waals surface area contributed by atoms with Crippen LogP contribution in [0.4, 0.5) is 0 Å². The monoisotopic (exact) mass is 183 g/mol. The Morgan fingerprint density at radius 2 is 2.15 bits per heavy atom. The van der Waals surface area contributed by atoms with E-state index in [1.165, 1.54) is 0 Å². The first-order chi connectivity index (χ1) is 6.02. The van der Waals surface area contributed by atoms with E-state index in [-0.39, 0.29) is 12.3 Å². The molecule has 0 saturated heterocycles. The zero-order chi connectivity index (χ0) is 10.0. The van der Waals surface area contributed by atoms with Crippen molar-refractivity contribution in [1.29, 1.82) is 0 Å². The maximum Gasteiger partial charge on any atom is 0.223 e. The second kappa shape index (κ2) is 3.77. The summed E-state index contributed by atoms with van der Waals surface area (Å²) < 4.78 is 0. The molecule has 2 amide bonds. The molecular formula is C9H15N2O2. The SMILES string of the molecule is [CH2]C(CC(=O)N(C)C1CC1)C(N)=O. The van der Waals surface area contributed by atoms with Crippen molar-refractivity contribution in [3.05, 3.63) is 6.92 Å². The first-order valence-corrected chi connectivity index (χ1v) is 4.40. The third-order valence-electron chi connectivity index (χ3n) is 2.31. The lowest BCUT2D eigenvalue weighted by Crippen LogP contribution is -2.33. The number of nitrogens with zero attached hydrogens (tertiary/aromatic N) is 1. The van der Waals surface area contributed by atoms with E-state index >= 15 is 0 Å². The second-order valence-corrected chi connectivity index (χ2v) is 3.54. The van der Waals surface area contributed by atoms with Crippen LogP contribution in [0.15, 0.2) is 0 Å². The molecular weight excluding hydrogens is 168 g/mol. The molecule has 0 aromatic heterocycles. The number of hydrogen-bond acceptors (Lipinski definition) is 2. The predicted octanol–water partition coefficient (Wildman–Crippen LogP) is -0.0671. The lowest BCUT2D eigenvalue weighted by Gasteiger charge is -2.17. The quantitative estimate of drug-likeness (QED) is 0.663. The molecule has 4 heteroatoms. The average molecular weight is 183 g/mol. The molecule has 1 fully saturated rings. The van der Waals surface area contributed by atoms with Crippen LogP contribution < -0.4 is 5.73 Å². The molecule has 1 unspecified atom stereocenters. The molecule has 0 spiro atoms. The van der Waals surface area contributed by atoms with Gasteiger partial charge < -0.3 is 10.6 Å². The van der Waals surface area contributed by atoms with Crippen LogP contribution in [0, 0.1) is 12.8 Å². The van der Waals surface area contributed by atoms with Gasteiger partial charge in [-0.3, -0.25) is 9.59 Å². The Hall–Kier alpha value is -1.06. The van der Waals surface area contributed by atoms with Crippen LogP contribution in [-0.2, 0) is 9.59 Å². The van der Waals surface area contributed by atoms with Gasteiger partial charge in [-0.2, -0.15) is 0 Å². The Morgan fingerprint density at radius 3 is 2.54 bits per heavy atom. The molecule has 0 bridgehead atoms. The van der Waals surface area contributed by atoms with Crippen molar-refractivity contribution in [3.8, 4) is 0 Å². The van der Waals surface area contributed by atoms with E-state index in [0.717, 1.165) is 12.8 Å². The maximum absolute atomic E-state index is 11.4. The molecule has 1 radical (unpaired) electrons. The highest BCUT2D eigenvalue weighted by Crippen LogP contribution is 2.26. The second-order valence-electron chi connectivity index (χ2n) is 3.54. The molecule has 1 aliphatic rings. The van der Waals surface area contributed by atoms with Crippen molar-refractivity contribution in [2.24, 2.45) is 11.7 Å². The van der Waals surface area contributed by atoms with E-state index < -0.39 is 11.8 Å². The van der Waals surface area contributed by atoms with Gasteiger partial charge in [-0.25, -0.2) is 0 Å². The van der Waals surface area contributed by atoms with Gasteiger partial charge in [-0.1, -0.05) is 0 Å². The number of primary amides is 1. The van der Waals surface area contributed by atoms with Crippen LogP contribution in [0.1, 0.15) is 19.3 Å². The Kier molecular flexibility index (Phi) is 2.90. The van der Waals surface area contributed by atoms with E-state index in [0.29, 0.717) is 6.04 Å². The van der Waals surface area contributed by atoms with E-state index in [4.69, 9.17) is 5.73 Å². The summed E-state index contributed by atoms with van der Waals surface area (Å²) in [5.41, 5.74) is 5.00. The van der Waals surface area contributed by atoms with E-state index in [9.17, 15) is 9.59 Å². The molecule has 2 N–H and O–H groups in total. The summed E-state index contributed by atoms with van der Waals surface area (Å²) in [6.45, 7) is 3.52. The summed E-state index contributed by atoms with van der Waals surface area (Å²) in [5, 5.41) is 0. The summed E-state index contributed by atoms with van der Waals surface area (Å²) in [6.07, 6.45) is 2.27. The lowest BCUT2D eigenvalue weighted by molar-refractivity contribution is -0.133. The molecule has 1 atom stereocenters. The minimum absolute atomic E-state index is 0.0405. The Labute approximate surface area is 78.1 Å². The minimum atomic E-state index is -0.603. The number of carbonyl (C=O) groups is 2. The van der Waals surface area contributed by atoms with E-state index in [1.54, 1.807) is 11.9 Å². The summed E-state index contributed by atoms with van der Waals surface area (Å²) >= 11 is 0. The van der Waals surface area contributed by atoms with Crippen LogP contribution >= 0.6 is 0 Å².